The quantitative estimate of drug-likeness (QED) is 0.473. The van der Waals surface area contributed by atoms with Gasteiger partial charge in [-0.2, -0.15) is 0 Å². The van der Waals surface area contributed by atoms with Crippen molar-refractivity contribution >= 4 is 13.9 Å². The van der Waals surface area contributed by atoms with E-state index in [0.29, 0.717) is 6.42 Å². The molecular formula is C8H9NO5P+. The molecule has 80 valence electrons. The van der Waals surface area contributed by atoms with Gasteiger partial charge < -0.3 is 0 Å². The molecule has 0 fully saturated rings. The normalized spacial score (nSPS) is 11.1. The monoisotopic (exact) mass is 230 g/mol. The largest absolute Gasteiger partial charge is 0.694 e. The summed E-state index contributed by atoms with van der Waals surface area (Å²) in [5.41, 5.74) is 0.838. The molecule has 0 aromatic heterocycles. The second kappa shape index (κ2) is 5.50. The number of rotatable bonds is 5. The van der Waals surface area contributed by atoms with Crippen LogP contribution in [-0.2, 0) is 15.5 Å². The highest BCUT2D eigenvalue weighted by atomic mass is 31.1. The molecule has 0 aliphatic rings. The summed E-state index contributed by atoms with van der Waals surface area (Å²) in [6, 6.07) is 5.94. The van der Waals surface area contributed by atoms with Gasteiger partial charge in [0.25, 0.3) is 5.69 Å². The van der Waals surface area contributed by atoms with E-state index in [-0.39, 0.29) is 12.3 Å². The third kappa shape index (κ3) is 4.12. The molecular weight excluding hydrogens is 221 g/mol. The predicted octanol–water partition coefficient (Wildman–Crippen LogP) is 1.80. The molecule has 0 radical (unpaired) electrons. The van der Waals surface area contributed by atoms with Gasteiger partial charge in [0.05, 0.1) is 4.92 Å². The van der Waals surface area contributed by atoms with E-state index >= 15 is 0 Å². The lowest BCUT2D eigenvalue weighted by Crippen LogP contribution is -1.94. The minimum Gasteiger partial charge on any atom is -0.258 e. The van der Waals surface area contributed by atoms with Crippen LogP contribution in [0.3, 0.4) is 0 Å². The number of hydrogen-bond acceptors (Lipinski definition) is 4. The lowest BCUT2D eigenvalue weighted by molar-refractivity contribution is -0.384. The first-order chi connectivity index (χ1) is 7.09. The van der Waals surface area contributed by atoms with Crippen LogP contribution in [-0.4, -0.2) is 16.4 Å². The maximum Gasteiger partial charge on any atom is 0.694 e. The van der Waals surface area contributed by atoms with Crippen LogP contribution in [0.4, 0.5) is 5.69 Å². The Kier molecular flexibility index (Phi) is 4.30. The molecule has 0 heterocycles. The van der Waals surface area contributed by atoms with Gasteiger partial charge in [-0.1, -0.05) is 12.1 Å². The molecule has 6 nitrogen and oxygen atoms in total. The van der Waals surface area contributed by atoms with Crippen LogP contribution >= 0.6 is 8.25 Å². The van der Waals surface area contributed by atoms with Gasteiger partial charge in [0, 0.05) is 23.1 Å². The summed E-state index contributed by atoms with van der Waals surface area (Å²) in [6.07, 6.45) is 0.444. The van der Waals surface area contributed by atoms with Crippen molar-refractivity contribution in [3.8, 4) is 0 Å². The van der Waals surface area contributed by atoms with Gasteiger partial charge in [-0.05, 0) is 5.56 Å². The maximum absolute atomic E-state index is 10.3. The molecule has 0 saturated heterocycles. The Hall–Kier alpha value is -1.36. The van der Waals surface area contributed by atoms with Crippen molar-refractivity contribution in [2.75, 3.05) is 6.61 Å². The summed E-state index contributed by atoms with van der Waals surface area (Å²) < 4.78 is 14.6. The fraction of sp³-hybridized carbons (Fsp3) is 0.250. The third-order valence-corrected chi connectivity index (χ3v) is 2.14. The number of non-ortho nitro benzene ring substituents is 1. The minimum absolute atomic E-state index is 0.0212. The number of nitro groups is 1. The van der Waals surface area contributed by atoms with E-state index in [0.717, 1.165) is 5.56 Å². The van der Waals surface area contributed by atoms with Crippen molar-refractivity contribution < 1.29 is 18.9 Å². The summed E-state index contributed by atoms with van der Waals surface area (Å²) >= 11 is 0. The number of benzene rings is 1. The van der Waals surface area contributed by atoms with Crippen LogP contribution in [0.5, 0.6) is 0 Å². The van der Waals surface area contributed by atoms with Crippen LogP contribution in [0, 0.1) is 10.1 Å². The Labute approximate surface area is 86.6 Å². The zero-order valence-electron chi connectivity index (χ0n) is 7.70. The molecule has 0 aliphatic carbocycles. The fourth-order valence-electron chi connectivity index (χ4n) is 1.03. The van der Waals surface area contributed by atoms with Gasteiger partial charge in [-0.15, -0.1) is 9.42 Å². The second-order valence-electron chi connectivity index (χ2n) is 2.74. The van der Waals surface area contributed by atoms with Gasteiger partial charge in [0.15, 0.2) is 0 Å². The lowest BCUT2D eigenvalue weighted by Gasteiger charge is -1.96. The van der Waals surface area contributed by atoms with E-state index in [4.69, 9.17) is 4.89 Å². The summed E-state index contributed by atoms with van der Waals surface area (Å²) in [4.78, 5) is 18.2. The first-order valence-corrected chi connectivity index (χ1v) is 5.25. The Balaban J connectivity index is 2.50. The van der Waals surface area contributed by atoms with Crippen LogP contribution in [0.15, 0.2) is 24.3 Å². The molecule has 1 aromatic carbocycles. The maximum atomic E-state index is 10.3. The third-order valence-electron chi connectivity index (χ3n) is 1.74. The summed E-state index contributed by atoms with van der Waals surface area (Å²) in [5.74, 6) is 0. The lowest BCUT2D eigenvalue weighted by atomic mass is 10.1. The Bertz CT molecular complexity index is 364. The second-order valence-corrected chi connectivity index (χ2v) is 3.48. The summed E-state index contributed by atoms with van der Waals surface area (Å²) in [7, 11) is -2.57. The van der Waals surface area contributed by atoms with Crippen molar-refractivity contribution in [3.63, 3.8) is 0 Å². The fourth-order valence-corrected chi connectivity index (χ4v) is 1.27. The first kappa shape index (κ1) is 11.7. The molecule has 1 rings (SSSR count). The molecule has 0 aliphatic heterocycles. The molecule has 0 spiro atoms. The van der Waals surface area contributed by atoms with Crippen molar-refractivity contribution in [2.24, 2.45) is 0 Å². The smallest absolute Gasteiger partial charge is 0.258 e. The number of nitro benzene ring substituents is 1. The standard InChI is InChI=1S/C8H8NO5P/c10-9(11)8-3-1-7(2-4-8)5-6-14-15(12)13/h1-4H,5-6H2/p+1. The van der Waals surface area contributed by atoms with E-state index in [1.807, 2.05) is 0 Å². The van der Waals surface area contributed by atoms with E-state index in [2.05, 4.69) is 4.52 Å². The highest BCUT2D eigenvalue weighted by molar-refractivity contribution is 7.32. The van der Waals surface area contributed by atoms with Crippen molar-refractivity contribution in [1.29, 1.82) is 0 Å². The van der Waals surface area contributed by atoms with Gasteiger partial charge in [0.2, 0.25) is 0 Å². The van der Waals surface area contributed by atoms with Crippen molar-refractivity contribution in [2.45, 2.75) is 6.42 Å². The van der Waals surface area contributed by atoms with Gasteiger partial charge in [-0.3, -0.25) is 10.1 Å². The van der Waals surface area contributed by atoms with E-state index in [9.17, 15) is 14.7 Å². The molecule has 0 bridgehead atoms. The molecule has 0 saturated carbocycles. The molecule has 1 aromatic rings. The molecule has 1 N–H and O–H groups in total. The number of hydrogen-bond donors (Lipinski definition) is 1. The SMILES string of the molecule is O=[N+]([O-])c1ccc(CCO[P+](=O)O)cc1. The molecule has 0 amide bonds. The zero-order chi connectivity index (χ0) is 11.3. The molecule has 1 atom stereocenters. The predicted molar refractivity (Wildman–Crippen MR) is 52.6 cm³/mol. The van der Waals surface area contributed by atoms with E-state index < -0.39 is 13.2 Å². The molecule has 7 heteroatoms. The summed E-state index contributed by atoms with van der Waals surface area (Å²) in [6.45, 7) is 0.115. The highest BCUT2D eigenvalue weighted by Gasteiger charge is 2.11. The van der Waals surface area contributed by atoms with E-state index in [1.54, 1.807) is 12.1 Å². The summed E-state index contributed by atoms with van der Waals surface area (Å²) in [5, 5.41) is 10.3. The Morgan fingerprint density at radius 3 is 2.47 bits per heavy atom. The van der Waals surface area contributed by atoms with Gasteiger partial charge in [-0.25, -0.2) is 0 Å². The van der Waals surface area contributed by atoms with Crippen LogP contribution in [0.2, 0.25) is 0 Å². The van der Waals surface area contributed by atoms with Crippen molar-refractivity contribution in [3.05, 3.63) is 39.9 Å². The minimum atomic E-state index is -2.57. The zero-order valence-corrected chi connectivity index (χ0v) is 8.59. The van der Waals surface area contributed by atoms with Crippen LogP contribution in [0.25, 0.3) is 0 Å². The number of nitrogens with zero attached hydrogens (tertiary/aromatic N) is 1. The highest BCUT2D eigenvalue weighted by Crippen LogP contribution is 2.16. The van der Waals surface area contributed by atoms with E-state index in [1.165, 1.54) is 12.1 Å². The van der Waals surface area contributed by atoms with Crippen molar-refractivity contribution in [1.82, 2.24) is 0 Å². The molecule has 15 heavy (non-hydrogen) atoms. The topological polar surface area (TPSA) is 89.7 Å². The average molecular weight is 230 g/mol. The molecule has 1 unspecified atom stereocenters. The average Bonchev–Trinajstić information content (AvgIpc) is 2.18. The van der Waals surface area contributed by atoms with Crippen LogP contribution in [0.1, 0.15) is 5.56 Å². The van der Waals surface area contributed by atoms with Crippen LogP contribution < -0.4 is 0 Å². The van der Waals surface area contributed by atoms with Gasteiger partial charge >= 0.3 is 8.25 Å². The van der Waals surface area contributed by atoms with Gasteiger partial charge in [0.1, 0.15) is 6.61 Å². The Morgan fingerprint density at radius 2 is 2.00 bits per heavy atom. The first-order valence-electron chi connectivity index (χ1n) is 4.12. The Morgan fingerprint density at radius 1 is 1.40 bits per heavy atom.